The van der Waals surface area contributed by atoms with Crippen LogP contribution in [-0.4, -0.2) is 18.7 Å². The highest BCUT2D eigenvalue weighted by atomic mass is 16.5. The Hall–Kier alpha value is -2.42. The van der Waals surface area contributed by atoms with Crippen molar-refractivity contribution in [3.8, 4) is 5.75 Å². The van der Waals surface area contributed by atoms with E-state index in [0.29, 0.717) is 16.9 Å². The van der Waals surface area contributed by atoms with Gasteiger partial charge in [0.1, 0.15) is 5.75 Å². The summed E-state index contributed by atoms with van der Waals surface area (Å²) in [6, 6.07) is 6.96. The maximum absolute atomic E-state index is 12.3. The minimum atomic E-state index is -0.0616. The largest absolute Gasteiger partial charge is 0.497 e. The third kappa shape index (κ3) is 2.88. The van der Waals surface area contributed by atoms with Gasteiger partial charge in [0.05, 0.1) is 7.11 Å². The highest BCUT2D eigenvalue weighted by Gasteiger charge is 2.12. The Bertz CT molecular complexity index is 583. The summed E-state index contributed by atoms with van der Waals surface area (Å²) in [6.07, 6.45) is 6.25. The molecule has 0 bridgehead atoms. The van der Waals surface area contributed by atoms with E-state index in [1.807, 2.05) is 0 Å². The van der Waals surface area contributed by atoms with Crippen LogP contribution in [0, 0.1) is 0 Å². The third-order valence-corrected chi connectivity index (χ3v) is 2.98. The first-order chi connectivity index (χ1) is 9.11. The Morgan fingerprint density at radius 1 is 1.00 bits per heavy atom. The smallest absolute Gasteiger partial charge is 0.189 e. The first-order valence-electron chi connectivity index (χ1n) is 5.91. The summed E-state index contributed by atoms with van der Waals surface area (Å²) >= 11 is 0. The molecule has 1 aromatic carbocycles. The molecule has 0 aromatic heterocycles. The summed E-state index contributed by atoms with van der Waals surface area (Å²) < 4.78 is 5.05. The molecule has 0 N–H and O–H groups in total. The molecule has 0 saturated heterocycles. The van der Waals surface area contributed by atoms with E-state index in [4.69, 9.17) is 4.74 Å². The molecule has 2 rings (SSSR count). The molecule has 3 nitrogen and oxygen atoms in total. The van der Waals surface area contributed by atoms with Gasteiger partial charge in [0.15, 0.2) is 11.6 Å². The monoisotopic (exact) mass is 254 g/mol. The van der Waals surface area contributed by atoms with E-state index in [-0.39, 0.29) is 11.6 Å². The maximum atomic E-state index is 12.3. The summed E-state index contributed by atoms with van der Waals surface area (Å²) in [7, 11) is 1.58. The fourth-order valence-corrected chi connectivity index (χ4v) is 1.79. The van der Waals surface area contributed by atoms with Crippen LogP contribution in [0.2, 0.25) is 0 Å². The molecule has 0 fully saturated rings. The Morgan fingerprint density at radius 2 is 1.58 bits per heavy atom. The van der Waals surface area contributed by atoms with E-state index >= 15 is 0 Å². The number of hydrogen-bond acceptors (Lipinski definition) is 3. The van der Waals surface area contributed by atoms with Crippen LogP contribution >= 0.6 is 0 Å². The van der Waals surface area contributed by atoms with Crippen molar-refractivity contribution in [3.05, 3.63) is 65.3 Å². The number of methoxy groups -OCH3 is 1. The Labute approximate surface area is 111 Å². The molecule has 3 heteroatoms. The molecule has 96 valence electrons. The Kier molecular flexibility index (Phi) is 3.76. The predicted molar refractivity (Wildman–Crippen MR) is 73.3 cm³/mol. The molecule has 0 radical (unpaired) electrons. The van der Waals surface area contributed by atoms with E-state index < -0.39 is 0 Å². The molecule has 1 aliphatic rings. The fourth-order valence-electron chi connectivity index (χ4n) is 1.79. The number of carbonyl (C=O) groups is 2. The van der Waals surface area contributed by atoms with Crippen molar-refractivity contribution in [2.45, 2.75) is 6.92 Å². The van der Waals surface area contributed by atoms with Gasteiger partial charge in [-0.1, -0.05) is 12.2 Å². The molecule has 0 aliphatic heterocycles. The fraction of sp³-hybridized carbons (Fsp3) is 0.125. The zero-order valence-electron chi connectivity index (χ0n) is 10.8. The predicted octanol–water partition coefficient (Wildman–Crippen LogP) is 2.89. The van der Waals surface area contributed by atoms with Crippen molar-refractivity contribution in [2.75, 3.05) is 7.11 Å². The summed E-state index contributed by atoms with van der Waals surface area (Å²) in [6.45, 7) is 1.76. The molecule has 19 heavy (non-hydrogen) atoms. The molecule has 0 heterocycles. The molecule has 0 spiro atoms. The van der Waals surface area contributed by atoms with Crippen LogP contribution in [0.1, 0.15) is 17.3 Å². The van der Waals surface area contributed by atoms with Crippen LogP contribution in [0.4, 0.5) is 0 Å². The first kappa shape index (κ1) is 13.0. The third-order valence-electron chi connectivity index (χ3n) is 2.98. The van der Waals surface area contributed by atoms with Crippen LogP contribution in [0.15, 0.2) is 59.7 Å². The van der Waals surface area contributed by atoms with Crippen LogP contribution in [0.3, 0.4) is 0 Å². The van der Waals surface area contributed by atoms with Gasteiger partial charge in [0.25, 0.3) is 0 Å². The lowest BCUT2D eigenvalue weighted by Gasteiger charge is -2.07. The Morgan fingerprint density at radius 3 is 2.11 bits per heavy atom. The number of ether oxygens (including phenoxy) is 1. The SMILES string of the molecule is COc1ccc(C(=O)C(C)=C2C=CC(=O)C=C2)cc1. The second kappa shape index (κ2) is 5.48. The summed E-state index contributed by atoms with van der Waals surface area (Å²) in [4.78, 5) is 23.3. The van der Waals surface area contributed by atoms with E-state index in [9.17, 15) is 9.59 Å². The van der Waals surface area contributed by atoms with Crippen molar-refractivity contribution in [1.82, 2.24) is 0 Å². The minimum absolute atomic E-state index is 0.0543. The zero-order valence-corrected chi connectivity index (χ0v) is 10.8. The molecule has 0 atom stereocenters. The van der Waals surface area contributed by atoms with Crippen LogP contribution in [0.5, 0.6) is 5.75 Å². The number of allylic oxidation sites excluding steroid dienone is 6. The first-order valence-corrected chi connectivity index (χ1v) is 5.91. The molecule has 0 saturated carbocycles. The van der Waals surface area contributed by atoms with Crippen LogP contribution in [-0.2, 0) is 4.79 Å². The topological polar surface area (TPSA) is 43.4 Å². The van der Waals surface area contributed by atoms with Crippen molar-refractivity contribution in [3.63, 3.8) is 0 Å². The molecule has 0 unspecified atom stereocenters. The molecule has 0 amide bonds. The average molecular weight is 254 g/mol. The van der Waals surface area contributed by atoms with Gasteiger partial charge in [-0.25, -0.2) is 0 Å². The number of ketones is 2. The highest BCUT2D eigenvalue weighted by Crippen LogP contribution is 2.18. The van der Waals surface area contributed by atoms with Crippen molar-refractivity contribution in [1.29, 1.82) is 0 Å². The zero-order chi connectivity index (χ0) is 13.8. The van der Waals surface area contributed by atoms with Crippen LogP contribution in [0.25, 0.3) is 0 Å². The molecular formula is C16H14O3. The van der Waals surface area contributed by atoms with Gasteiger partial charge in [-0.2, -0.15) is 0 Å². The molecular weight excluding hydrogens is 240 g/mol. The molecule has 1 aliphatic carbocycles. The number of carbonyl (C=O) groups excluding carboxylic acids is 2. The summed E-state index contributed by atoms with van der Waals surface area (Å²) in [5.74, 6) is 0.597. The Balaban J connectivity index is 2.28. The van der Waals surface area contributed by atoms with Gasteiger partial charge in [-0.3, -0.25) is 9.59 Å². The van der Waals surface area contributed by atoms with Gasteiger partial charge in [0.2, 0.25) is 0 Å². The average Bonchev–Trinajstić information content (AvgIpc) is 2.46. The second-order valence-electron chi connectivity index (χ2n) is 4.21. The van der Waals surface area contributed by atoms with E-state index in [0.717, 1.165) is 5.57 Å². The number of benzene rings is 1. The normalized spacial score (nSPS) is 13.6. The van der Waals surface area contributed by atoms with Crippen molar-refractivity contribution in [2.24, 2.45) is 0 Å². The standard InChI is InChI=1S/C16H14O3/c1-11(12-3-7-14(17)8-4-12)16(18)13-5-9-15(19-2)10-6-13/h3-10H,1-2H3. The van der Waals surface area contributed by atoms with Crippen molar-refractivity contribution < 1.29 is 14.3 Å². The van der Waals surface area contributed by atoms with Crippen molar-refractivity contribution >= 4 is 11.6 Å². The number of rotatable bonds is 3. The van der Waals surface area contributed by atoms with Crippen LogP contribution < -0.4 is 4.74 Å². The van der Waals surface area contributed by atoms with Gasteiger partial charge in [-0.15, -0.1) is 0 Å². The quantitative estimate of drug-likeness (QED) is 0.615. The highest BCUT2D eigenvalue weighted by molar-refractivity contribution is 6.10. The summed E-state index contributed by atoms with van der Waals surface area (Å²) in [5.41, 5.74) is 1.98. The lowest BCUT2D eigenvalue weighted by Crippen LogP contribution is -2.04. The lowest BCUT2D eigenvalue weighted by molar-refractivity contribution is -0.110. The summed E-state index contributed by atoms with van der Waals surface area (Å²) in [5, 5.41) is 0. The lowest BCUT2D eigenvalue weighted by atomic mass is 9.97. The molecule has 1 aromatic rings. The van der Waals surface area contributed by atoms with Gasteiger partial charge in [-0.05, 0) is 48.9 Å². The van der Waals surface area contributed by atoms with Gasteiger partial charge in [0, 0.05) is 11.1 Å². The maximum Gasteiger partial charge on any atom is 0.189 e. The van der Waals surface area contributed by atoms with Gasteiger partial charge < -0.3 is 4.74 Å². The minimum Gasteiger partial charge on any atom is -0.497 e. The van der Waals surface area contributed by atoms with E-state index in [1.165, 1.54) is 12.2 Å². The number of hydrogen-bond donors (Lipinski definition) is 0. The van der Waals surface area contributed by atoms with E-state index in [1.54, 1.807) is 50.5 Å². The number of Topliss-reactive ketones (excluding diaryl/α,β-unsaturated/α-hetero) is 1. The van der Waals surface area contributed by atoms with Gasteiger partial charge >= 0.3 is 0 Å². The van der Waals surface area contributed by atoms with E-state index in [2.05, 4.69) is 0 Å². The second-order valence-corrected chi connectivity index (χ2v) is 4.21.